The number of aliphatic hydroxyl groups excluding tert-OH is 2. The van der Waals surface area contributed by atoms with E-state index in [1.54, 1.807) is 11.3 Å². The summed E-state index contributed by atoms with van der Waals surface area (Å²) in [7, 11) is 0. The van der Waals surface area contributed by atoms with Crippen LogP contribution in [0.2, 0.25) is 0 Å². The van der Waals surface area contributed by atoms with E-state index in [1.165, 1.54) is 16.0 Å². The fourth-order valence-corrected chi connectivity index (χ4v) is 6.06. The number of ether oxygens (including phenoxy) is 1. The van der Waals surface area contributed by atoms with Crippen molar-refractivity contribution in [3.63, 3.8) is 0 Å². The Hall–Kier alpha value is -1.69. The zero-order chi connectivity index (χ0) is 20.8. The van der Waals surface area contributed by atoms with Gasteiger partial charge < -0.3 is 14.9 Å². The molecule has 1 heterocycles. The van der Waals surface area contributed by atoms with Gasteiger partial charge in [0.2, 0.25) is 0 Å². The number of carbonyl (C=O) groups is 1. The maximum atomic E-state index is 12.9. The number of rotatable bonds is 9. The Bertz CT molecular complexity index is 892. The van der Waals surface area contributed by atoms with E-state index in [9.17, 15) is 4.79 Å². The van der Waals surface area contributed by atoms with Gasteiger partial charge in [0.15, 0.2) is 5.78 Å². The molecule has 156 valence electrons. The zero-order valence-electron chi connectivity index (χ0n) is 17.4. The highest BCUT2D eigenvalue weighted by molar-refractivity contribution is 7.14. The summed E-state index contributed by atoms with van der Waals surface area (Å²) >= 11 is 1.70. The predicted molar refractivity (Wildman–Crippen MR) is 115 cm³/mol. The number of benzene rings is 1. The van der Waals surface area contributed by atoms with Crippen molar-refractivity contribution in [2.24, 2.45) is 17.3 Å². The largest absolute Gasteiger partial charge is 0.493 e. The Kier molecular flexibility index (Phi) is 5.58. The van der Waals surface area contributed by atoms with Gasteiger partial charge in [-0.1, -0.05) is 26.0 Å². The molecule has 1 aromatic carbocycles. The number of aryl methyl sites for hydroxylation is 2. The number of hydrogen-bond acceptors (Lipinski definition) is 5. The summed E-state index contributed by atoms with van der Waals surface area (Å²) < 4.78 is 5.60. The van der Waals surface area contributed by atoms with Crippen LogP contribution in [0.1, 0.15) is 57.4 Å². The highest BCUT2D eigenvalue weighted by Crippen LogP contribution is 2.71. The first-order valence-electron chi connectivity index (χ1n) is 10.5. The lowest BCUT2D eigenvalue weighted by atomic mass is 9.94. The standard InChI is InChI=1S/C24H30O4S/c1-14-21-18(10-19-22(21)24(19,2)3)23(29-14)20(27)9-6-15-4-7-17(8-5-15)28-13-16(11-25)12-26/h4-5,7-8,16,19,22,25-26H,6,9-13H2,1-3H3/t19-,22-/m1/s1. The summed E-state index contributed by atoms with van der Waals surface area (Å²) in [6.45, 7) is 6.97. The third-order valence-corrected chi connectivity index (χ3v) is 8.04. The van der Waals surface area contributed by atoms with E-state index >= 15 is 0 Å². The Balaban J connectivity index is 1.34. The van der Waals surface area contributed by atoms with E-state index in [0.717, 1.165) is 29.2 Å². The van der Waals surface area contributed by atoms with Crippen LogP contribution in [0.4, 0.5) is 0 Å². The van der Waals surface area contributed by atoms with E-state index in [-0.39, 0.29) is 31.5 Å². The van der Waals surface area contributed by atoms with E-state index in [2.05, 4.69) is 20.8 Å². The summed E-state index contributed by atoms with van der Waals surface area (Å²) in [5.41, 5.74) is 4.36. The summed E-state index contributed by atoms with van der Waals surface area (Å²) in [5.74, 6) is 2.11. The molecule has 0 unspecified atom stereocenters. The molecule has 2 N–H and O–H groups in total. The van der Waals surface area contributed by atoms with Crippen molar-refractivity contribution in [2.45, 2.75) is 46.0 Å². The number of carbonyl (C=O) groups excluding carboxylic acids is 1. The molecular weight excluding hydrogens is 384 g/mol. The molecule has 4 rings (SSSR count). The first-order valence-corrected chi connectivity index (χ1v) is 11.3. The van der Waals surface area contributed by atoms with Crippen LogP contribution in [-0.4, -0.2) is 35.8 Å². The SMILES string of the molecule is Cc1sc(C(=O)CCc2ccc(OCC(CO)CO)cc2)c2c1[C@H]1[C@@H](C2)C1(C)C. The molecule has 5 heteroatoms. The normalized spacial score (nSPS) is 21.2. The molecule has 29 heavy (non-hydrogen) atoms. The molecule has 4 nitrogen and oxygen atoms in total. The monoisotopic (exact) mass is 414 g/mol. The molecule has 0 radical (unpaired) electrons. The van der Waals surface area contributed by atoms with Crippen LogP contribution in [0.5, 0.6) is 5.75 Å². The minimum Gasteiger partial charge on any atom is -0.493 e. The van der Waals surface area contributed by atoms with Crippen LogP contribution in [0.3, 0.4) is 0 Å². The molecule has 2 aliphatic rings. The quantitative estimate of drug-likeness (QED) is 0.605. The maximum Gasteiger partial charge on any atom is 0.173 e. The second-order valence-corrected chi connectivity index (χ2v) is 10.3. The second kappa shape index (κ2) is 7.86. The van der Waals surface area contributed by atoms with Gasteiger partial charge >= 0.3 is 0 Å². The minimum absolute atomic E-state index is 0.0957. The molecular formula is C24H30O4S. The fraction of sp³-hybridized carbons (Fsp3) is 0.542. The molecule has 0 saturated heterocycles. The number of thiophene rings is 1. The topological polar surface area (TPSA) is 66.8 Å². The number of fused-ring (bicyclic) bond motifs is 3. The van der Waals surface area contributed by atoms with Crippen molar-refractivity contribution in [1.82, 2.24) is 0 Å². The number of Topliss-reactive ketones (excluding diaryl/α,β-unsaturated/α-hetero) is 1. The Morgan fingerprint density at radius 3 is 2.59 bits per heavy atom. The third kappa shape index (κ3) is 3.76. The van der Waals surface area contributed by atoms with E-state index in [0.29, 0.717) is 23.5 Å². The summed E-state index contributed by atoms with van der Waals surface area (Å²) in [6, 6.07) is 7.73. The average molecular weight is 415 g/mol. The lowest BCUT2D eigenvalue weighted by Crippen LogP contribution is -2.19. The van der Waals surface area contributed by atoms with E-state index in [1.807, 2.05) is 24.3 Å². The molecule has 0 aliphatic heterocycles. The lowest BCUT2D eigenvalue weighted by molar-refractivity contribution is 0.0985. The van der Waals surface area contributed by atoms with Crippen molar-refractivity contribution >= 4 is 17.1 Å². The van der Waals surface area contributed by atoms with Gasteiger partial charge in [-0.15, -0.1) is 11.3 Å². The molecule has 2 aromatic rings. The molecule has 1 aromatic heterocycles. The molecule has 0 spiro atoms. The van der Waals surface area contributed by atoms with Crippen LogP contribution in [0.15, 0.2) is 24.3 Å². The Labute approximate surface area is 176 Å². The van der Waals surface area contributed by atoms with Gasteiger partial charge in [-0.25, -0.2) is 0 Å². The van der Waals surface area contributed by atoms with Crippen molar-refractivity contribution < 1.29 is 19.7 Å². The minimum atomic E-state index is -0.264. The smallest absolute Gasteiger partial charge is 0.173 e. The average Bonchev–Trinajstić information content (AvgIpc) is 3.05. The van der Waals surface area contributed by atoms with Crippen LogP contribution >= 0.6 is 11.3 Å². The van der Waals surface area contributed by atoms with Gasteiger partial charge in [-0.3, -0.25) is 4.79 Å². The van der Waals surface area contributed by atoms with Crippen LogP contribution in [-0.2, 0) is 12.8 Å². The van der Waals surface area contributed by atoms with Gasteiger partial charge in [0.05, 0.1) is 24.7 Å². The van der Waals surface area contributed by atoms with Crippen molar-refractivity contribution in [3.8, 4) is 5.75 Å². The maximum absolute atomic E-state index is 12.9. The molecule has 2 aliphatic carbocycles. The van der Waals surface area contributed by atoms with Crippen LogP contribution in [0.25, 0.3) is 0 Å². The summed E-state index contributed by atoms with van der Waals surface area (Å²) in [4.78, 5) is 15.3. The van der Waals surface area contributed by atoms with E-state index < -0.39 is 0 Å². The van der Waals surface area contributed by atoms with Crippen LogP contribution < -0.4 is 4.74 Å². The van der Waals surface area contributed by atoms with Crippen molar-refractivity contribution in [2.75, 3.05) is 19.8 Å². The predicted octanol–water partition coefficient (Wildman–Crippen LogP) is 4.15. The van der Waals surface area contributed by atoms with Crippen molar-refractivity contribution in [1.29, 1.82) is 0 Å². The van der Waals surface area contributed by atoms with Gasteiger partial charge in [-0.05, 0) is 65.8 Å². The molecule has 1 fully saturated rings. The highest BCUT2D eigenvalue weighted by Gasteiger charge is 2.63. The second-order valence-electron chi connectivity index (χ2n) is 9.10. The fourth-order valence-electron chi connectivity index (χ4n) is 4.86. The summed E-state index contributed by atoms with van der Waals surface area (Å²) in [5, 5.41) is 18.2. The summed E-state index contributed by atoms with van der Waals surface area (Å²) in [6.07, 6.45) is 2.33. The van der Waals surface area contributed by atoms with E-state index in [4.69, 9.17) is 14.9 Å². The number of ketones is 1. The van der Waals surface area contributed by atoms with Crippen molar-refractivity contribution in [3.05, 3.63) is 50.7 Å². The van der Waals surface area contributed by atoms with Gasteiger partial charge in [0.25, 0.3) is 0 Å². The van der Waals surface area contributed by atoms with Crippen LogP contribution in [0, 0.1) is 24.2 Å². The lowest BCUT2D eigenvalue weighted by Gasteiger charge is -2.12. The zero-order valence-corrected chi connectivity index (χ0v) is 18.2. The first-order chi connectivity index (χ1) is 13.9. The Morgan fingerprint density at radius 1 is 1.24 bits per heavy atom. The number of hydrogen-bond donors (Lipinski definition) is 2. The Morgan fingerprint density at radius 2 is 1.93 bits per heavy atom. The molecule has 1 saturated carbocycles. The molecule has 0 amide bonds. The molecule has 0 bridgehead atoms. The molecule has 2 atom stereocenters. The first kappa shape index (κ1) is 20.6. The van der Waals surface area contributed by atoms with Gasteiger partial charge in [0.1, 0.15) is 5.75 Å². The van der Waals surface area contributed by atoms with Gasteiger partial charge in [0, 0.05) is 17.2 Å². The number of aliphatic hydroxyl groups is 2. The van der Waals surface area contributed by atoms with Gasteiger partial charge in [-0.2, -0.15) is 0 Å². The highest BCUT2D eigenvalue weighted by atomic mass is 32.1. The third-order valence-electron chi connectivity index (χ3n) is 6.84.